The Bertz CT molecular complexity index is 588. The molecule has 0 saturated heterocycles. The van der Waals surface area contributed by atoms with E-state index in [9.17, 15) is 4.79 Å². The van der Waals surface area contributed by atoms with Gasteiger partial charge in [0.2, 0.25) is 0 Å². The Morgan fingerprint density at radius 2 is 2.12 bits per heavy atom. The first-order valence-corrected chi connectivity index (χ1v) is 8.58. The van der Waals surface area contributed by atoms with Crippen LogP contribution >= 0.6 is 11.6 Å². The van der Waals surface area contributed by atoms with Crippen molar-refractivity contribution in [3.05, 3.63) is 28.8 Å². The first-order valence-electron chi connectivity index (χ1n) is 8.20. The van der Waals surface area contributed by atoms with Gasteiger partial charge in [-0.3, -0.25) is 4.79 Å². The Morgan fingerprint density at radius 3 is 2.67 bits per heavy atom. The zero-order valence-electron chi connectivity index (χ0n) is 14.9. The molecule has 1 rings (SSSR count). The molecular weight excluding hydrogens is 324 g/mol. The van der Waals surface area contributed by atoms with E-state index >= 15 is 0 Å². The van der Waals surface area contributed by atoms with Gasteiger partial charge < -0.3 is 15.4 Å². The smallest absolute Gasteiger partial charge is 0.308 e. The summed E-state index contributed by atoms with van der Waals surface area (Å²) in [5.74, 6) is 2.30. The van der Waals surface area contributed by atoms with E-state index in [0.717, 1.165) is 18.7 Å². The predicted molar refractivity (Wildman–Crippen MR) is 100 cm³/mol. The molecule has 0 aliphatic rings. The predicted octanol–water partition coefficient (Wildman–Crippen LogP) is 3.83. The van der Waals surface area contributed by atoms with Crippen molar-refractivity contribution in [1.82, 2.24) is 5.32 Å². The van der Waals surface area contributed by atoms with E-state index in [-0.39, 0.29) is 18.4 Å². The number of hydrogen-bond acceptors (Lipinski definition) is 4. The van der Waals surface area contributed by atoms with Crippen molar-refractivity contribution < 1.29 is 9.53 Å². The Labute approximate surface area is 150 Å². The normalized spacial score (nSPS) is 12.3. The second kappa shape index (κ2) is 9.56. The highest BCUT2D eigenvalue weighted by molar-refractivity contribution is 6.32. The van der Waals surface area contributed by atoms with Crippen LogP contribution in [-0.4, -0.2) is 30.7 Å². The minimum atomic E-state index is -0.490. The first-order chi connectivity index (χ1) is 11.2. The lowest BCUT2D eigenvalue weighted by Crippen LogP contribution is -2.37. The van der Waals surface area contributed by atoms with Crippen molar-refractivity contribution in [2.75, 3.05) is 18.4 Å². The number of anilines is 1. The molecule has 0 aromatic heterocycles. The van der Waals surface area contributed by atoms with Crippen LogP contribution in [-0.2, 0) is 9.53 Å². The second-order valence-corrected chi connectivity index (χ2v) is 7.08. The highest BCUT2D eigenvalue weighted by Crippen LogP contribution is 2.21. The van der Waals surface area contributed by atoms with Crippen LogP contribution in [0.3, 0.4) is 0 Å². The number of nitrogens with one attached hydrogen (secondary N) is 2. The van der Waals surface area contributed by atoms with Gasteiger partial charge in [0, 0.05) is 23.8 Å². The van der Waals surface area contributed by atoms with Gasteiger partial charge in [-0.25, -0.2) is 0 Å². The Hall–Kier alpha value is -1.70. The quantitative estimate of drug-likeness (QED) is 0.425. The molecule has 132 valence electrons. The number of carbonyl (C=O) groups is 1. The maximum Gasteiger partial charge on any atom is 0.308 e. The van der Waals surface area contributed by atoms with Gasteiger partial charge in [0.1, 0.15) is 5.60 Å². The largest absolute Gasteiger partial charge is 0.460 e. The van der Waals surface area contributed by atoms with Crippen LogP contribution in [0.2, 0.25) is 5.02 Å². The third-order valence-corrected chi connectivity index (χ3v) is 3.46. The molecule has 1 aromatic carbocycles. The Morgan fingerprint density at radius 1 is 1.42 bits per heavy atom. The molecule has 0 heterocycles. The molecular formula is C19H27ClN2O2. The van der Waals surface area contributed by atoms with Crippen molar-refractivity contribution in [1.29, 1.82) is 0 Å². The molecule has 0 fully saturated rings. The Kier molecular flexibility index (Phi) is 8.10. The fraction of sp³-hybridized carbons (Fsp3) is 0.526. The van der Waals surface area contributed by atoms with E-state index in [1.165, 1.54) is 0 Å². The van der Waals surface area contributed by atoms with Gasteiger partial charge in [-0.1, -0.05) is 24.4 Å². The maximum atomic E-state index is 12.1. The third kappa shape index (κ3) is 7.72. The summed E-state index contributed by atoms with van der Waals surface area (Å²) in [5.41, 5.74) is 0.983. The third-order valence-electron chi connectivity index (χ3n) is 3.15. The molecule has 5 heteroatoms. The molecule has 1 atom stereocenters. The van der Waals surface area contributed by atoms with E-state index in [0.29, 0.717) is 17.1 Å². The molecule has 4 nitrogen and oxygen atoms in total. The summed E-state index contributed by atoms with van der Waals surface area (Å²) in [6, 6.07) is 5.33. The lowest BCUT2D eigenvalue weighted by atomic mass is 10.1. The molecule has 0 radical (unpaired) electrons. The zero-order valence-corrected chi connectivity index (χ0v) is 15.7. The van der Waals surface area contributed by atoms with Crippen molar-refractivity contribution in [2.24, 2.45) is 0 Å². The van der Waals surface area contributed by atoms with E-state index in [2.05, 4.69) is 23.5 Å². The summed E-state index contributed by atoms with van der Waals surface area (Å²) in [6.45, 7) is 9.23. The van der Waals surface area contributed by atoms with Crippen LogP contribution in [0, 0.1) is 12.3 Å². The lowest BCUT2D eigenvalue weighted by molar-refractivity contribution is -0.155. The molecule has 2 N–H and O–H groups in total. The van der Waals surface area contributed by atoms with Crippen molar-refractivity contribution in [3.8, 4) is 12.3 Å². The highest BCUT2D eigenvalue weighted by atomic mass is 35.5. The molecule has 0 unspecified atom stereocenters. The van der Waals surface area contributed by atoms with Gasteiger partial charge in [-0.15, -0.1) is 6.42 Å². The second-order valence-electron chi connectivity index (χ2n) is 6.67. The van der Waals surface area contributed by atoms with Gasteiger partial charge in [-0.05, 0) is 51.9 Å². The van der Waals surface area contributed by atoms with Crippen LogP contribution in [0.4, 0.5) is 5.69 Å². The van der Waals surface area contributed by atoms with Crippen LogP contribution < -0.4 is 10.6 Å². The standard InChI is InChI=1S/C19H27ClN2O2/c1-6-10-21-13-16(12-18(23)24-19(3,4)5)22-15-9-8-14(7-2)17(20)11-15/h2,8-9,11,16,21-22H,6,10,12-13H2,1,3-5H3/t16-/m0/s1. The molecule has 0 spiro atoms. The summed E-state index contributed by atoms with van der Waals surface area (Å²) >= 11 is 6.14. The number of hydrogen-bond donors (Lipinski definition) is 2. The monoisotopic (exact) mass is 350 g/mol. The highest BCUT2D eigenvalue weighted by Gasteiger charge is 2.20. The fourth-order valence-corrected chi connectivity index (χ4v) is 2.40. The topological polar surface area (TPSA) is 50.4 Å². The number of esters is 1. The summed E-state index contributed by atoms with van der Waals surface area (Å²) in [5, 5.41) is 7.17. The van der Waals surface area contributed by atoms with Crippen molar-refractivity contribution >= 4 is 23.3 Å². The number of benzene rings is 1. The molecule has 24 heavy (non-hydrogen) atoms. The summed E-state index contributed by atoms with van der Waals surface area (Å²) in [6.07, 6.45) is 6.68. The minimum absolute atomic E-state index is 0.0980. The van der Waals surface area contributed by atoms with Gasteiger partial charge in [0.15, 0.2) is 0 Å². The zero-order chi connectivity index (χ0) is 18.2. The SMILES string of the molecule is C#Cc1ccc(N[C@H](CNCCC)CC(=O)OC(C)(C)C)cc1Cl. The van der Waals surface area contributed by atoms with E-state index in [1.54, 1.807) is 12.1 Å². The van der Waals surface area contributed by atoms with Gasteiger partial charge in [0.25, 0.3) is 0 Å². The molecule has 0 aliphatic carbocycles. The lowest BCUT2D eigenvalue weighted by Gasteiger charge is -2.24. The molecule has 0 bridgehead atoms. The van der Waals surface area contributed by atoms with E-state index in [4.69, 9.17) is 22.8 Å². The number of terminal acetylenes is 1. The summed E-state index contributed by atoms with van der Waals surface area (Å²) < 4.78 is 5.41. The number of halogens is 1. The van der Waals surface area contributed by atoms with Crippen molar-refractivity contribution in [3.63, 3.8) is 0 Å². The molecule has 0 amide bonds. The number of ether oxygens (including phenoxy) is 1. The fourth-order valence-electron chi connectivity index (χ4n) is 2.17. The van der Waals surface area contributed by atoms with E-state index < -0.39 is 5.60 Å². The maximum absolute atomic E-state index is 12.1. The molecule has 0 aliphatic heterocycles. The van der Waals surface area contributed by atoms with Crippen LogP contribution in [0.25, 0.3) is 0 Å². The number of rotatable bonds is 8. The molecule has 0 saturated carbocycles. The average molecular weight is 351 g/mol. The minimum Gasteiger partial charge on any atom is -0.460 e. The summed E-state index contributed by atoms with van der Waals surface area (Å²) in [7, 11) is 0. The van der Waals surface area contributed by atoms with Crippen LogP contribution in [0.15, 0.2) is 18.2 Å². The van der Waals surface area contributed by atoms with Crippen LogP contribution in [0.1, 0.15) is 46.1 Å². The molecule has 1 aromatic rings. The first kappa shape index (κ1) is 20.3. The average Bonchev–Trinajstić information content (AvgIpc) is 2.45. The van der Waals surface area contributed by atoms with Gasteiger partial charge >= 0.3 is 5.97 Å². The number of carbonyl (C=O) groups excluding carboxylic acids is 1. The van der Waals surface area contributed by atoms with Crippen LogP contribution in [0.5, 0.6) is 0 Å². The Balaban J connectivity index is 2.76. The van der Waals surface area contributed by atoms with Crippen molar-refractivity contribution in [2.45, 2.75) is 52.2 Å². The van der Waals surface area contributed by atoms with E-state index in [1.807, 2.05) is 26.8 Å². The van der Waals surface area contributed by atoms with Gasteiger partial charge in [0.05, 0.1) is 11.4 Å². The summed E-state index contributed by atoms with van der Waals surface area (Å²) in [4.78, 5) is 12.1. The van der Waals surface area contributed by atoms with Gasteiger partial charge in [-0.2, -0.15) is 0 Å².